The largest absolute Gasteiger partial charge is 0.371 e. The SMILES string of the molecule is CCN1CCc2ccc(NC(=O)COC(c3ccccc3)c3ccccc3)cc21. The van der Waals surface area contributed by atoms with Gasteiger partial charge < -0.3 is 15.0 Å². The van der Waals surface area contributed by atoms with Gasteiger partial charge in [0.1, 0.15) is 12.7 Å². The topological polar surface area (TPSA) is 41.6 Å². The van der Waals surface area contributed by atoms with E-state index in [1.54, 1.807) is 0 Å². The second-order valence-corrected chi connectivity index (χ2v) is 7.23. The number of likely N-dealkylation sites (N-methyl/N-ethyl adjacent to an activating group) is 1. The van der Waals surface area contributed by atoms with Crippen LogP contribution in [0.1, 0.15) is 29.7 Å². The van der Waals surface area contributed by atoms with E-state index in [0.717, 1.165) is 36.3 Å². The highest BCUT2D eigenvalue weighted by Crippen LogP contribution is 2.30. The maximum atomic E-state index is 12.6. The molecule has 1 N–H and O–H groups in total. The van der Waals surface area contributed by atoms with Gasteiger partial charge >= 0.3 is 0 Å². The summed E-state index contributed by atoms with van der Waals surface area (Å²) < 4.78 is 6.06. The second-order valence-electron chi connectivity index (χ2n) is 7.23. The number of rotatable bonds is 7. The summed E-state index contributed by atoms with van der Waals surface area (Å²) in [4.78, 5) is 14.9. The first-order valence-corrected chi connectivity index (χ1v) is 10.1. The summed E-state index contributed by atoms with van der Waals surface area (Å²) in [5, 5.41) is 2.98. The smallest absolute Gasteiger partial charge is 0.250 e. The van der Waals surface area contributed by atoms with Crippen LogP contribution in [0.15, 0.2) is 78.9 Å². The van der Waals surface area contributed by atoms with Crippen molar-refractivity contribution >= 4 is 17.3 Å². The minimum absolute atomic E-state index is 0.0109. The van der Waals surface area contributed by atoms with Gasteiger partial charge in [-0.2, -0.15) is 0 Å². The van der Waals surface area contributed by atoms with Crippen molar-refractivity contribution in [2.45, 2.75) is 19.4 Å². The van der Waals surface area contributed by atoms with E-state index in [9.17, 15) is 4.79 Å². The Kier molecular flexibility index (Phi) is 5.92. The summed E-state index contributed by atoms with van der Waals surface area (Å²) >= 11 is 0. The number of amides is 1. The fourth-order valence-corrected chi connectivity index (χ4v) is 3.85. The van der Waals surface area contributed by atoms with Crippen LogP contribution in [0.25, 0.3) is 0 Å². The number of ether oxygens (including phenoxy) is 1. The molecule has 1 aliphatic heterocycles. The van der Waals surface area contributed by atoms with Gasteiger partial charge in [-0.3, -0.25) is 4.79 Å². The second kappa shape index (κ2) is 8.93. The first-order chi connectivity index (χ1) is 14.2. The van der Waals surface area contributed by atoms with Crippen molar-refractivity contribution in [3.8, 4) is 0 Å². The van der Waals surface area contributed by atoms with Gasteiger partial charge in [-0.1, -0.05) is 66.7 Å². The quantitative estimate of drug-likeness (QED) is 0.633. The summed E-state index contributed by atoms with van der Waals surface area (Å²) in [6.45, 7) is 4.16. The lowest BCUT2D eigenvalue weighted by Crippen LogP contribution is -2.21. The van der Waals surface area contributed by atoms with Crippen molar-refractivity contribution in [1.82, 2.24) is 0 Å². The number of hydrogen-bond acceptors (Lipinski definition) is 3. The van der Waals surface area contributed by atoms with E-state index in [0.29, 0.717) is 0 Å². The Balaban J connectivity index is 1.44. The number of anilines is 2. The first kappa shape index (κ1) is 19.2. The molecule has 1 amide bonds. The van der Waals surface area contributed by atoms with Gasteiger partial charge in [0.15, 0.2) is 0 Å². The molecule has 0 saturated heterocycles. The normalized spacial score (nSPS) is 12.8. The van der Waals surface area contributed by atoms with Crippen molar-refractivity contribution in [2.75, 3.05) is 29.9 Å². The molecule has 0 saturated carbocycles. The van der Waals surface area contributed by atoms with Crippen LogP contribution in [0.3, 0.4) is 0 Å². The highest BCUT2D eigenvalue weighted by Gasteiger charge is 2.19. The molecule has 3 aromatic carbocycles. The number of benzene rings is 3. The fourth-order valence-electron chi connectivity index (χ4n) is 3.85. The molecule has 0 aliphatic carbocycles. The molecule has 1 aliphatic rings. The molecule has 29 heavy (non-hydrogen) atoms. The van der Waals surface area contributed by atoms with E-state index in [1.165, 1.54) is 11.3 Å². The van der Waals surface area contributed by atoms with E-state index < -0.39 is 0 Å². The molecule has 0 spiro atoms. The van der Waals surface area contributed by atoms with Gasteiger partial charge in [0, 0.05) is 24.5 Å². The third-order valence-electron chi connectivity index (χ3n) is 5.33. The Hall–Kier alpha value is -3.11. The zero-order chi connectivity index (χ0) is 20.1. The molecular weight excluding hydrogens is 360 g/mol. The van der Waals surface area contributed by atoms with Crippen LogP contribution in [0.5, 0.6) is 0 Å². The fraction of sp³-hybridized carbons (Fsp3) is 0.240. The average Bonchev–Trinajstić information content (AvgIpc) is 3.18. The van der Waals surface area contributed by atoms with Crippen molar-refractivity contribution < 1.29 is 9.53 Å². The maximum Gasteiger partial charge on any atom is 0.250 e. The number of hydrogen-bond donors (Lipinski definition) is 1. The standard InChI is InChI=1S/C25H26N2O2/c1-2-27-16-15-19-13-14-22(17-23(19)27)26-24(28)18-29-25(20-9-5-3-6-10-20)21-11-7-4-8-12-21/h3-14,17,25H,2,15-16,18H2,1H3,(H,26,28). The molecule has 148 valence electrons. The molecule has 0 fully saturated rings. The Morgan fingerprint density at radius 1 is 1.00 bits per heavy atom. The van der Waals surface area contributed by atoms with Crippen LogP contribution < -0.4 is 10.2 Å². The van der Waals surface area contributed by atoms with Gasteiger partial charge in [-0.15, -0.1) is 0 Å². The van der Waals surface area contributed by atoms with E-state index in [-0.39, 0.29) is 18.6 Å². The predicted octanol–water partition coefficient (Wildman–Crippen LogP) is 4.81. The third kappa shape index (κ3) is 4.49. The number of fused-ring (bicyclic) bond motifs is 1. The molecule has 4 nitrogen and oxygen atoms in total. The van der Waals surface area contributed by atoms with Crippen molar-refractivity contribution in [2.24, 2.45) is 0 Å². The average molecular weight is 386 g/mol. The third-order valence-corrected chi connectivity index (χ3v) is 5.33. The monoisotopic (exact) mass is 386 g/mol. The van der Waals surface area contributed by atoms with Gasteiger partial charge in [0.2, 0.25) is 5.91 Å². The molecule has 0 unspecified atom stereocenters. The van der Waals surface area contributed by atoms with Crippen LogP contribution >= 0.6 is 0 Å². The zero-order valence-corrected chi connectivity index (χ0v) is 16.7. The molecule has 1 heterocycles. The molecule has 3 aromatic rings. The Morgan fingerprint density at radius 2 is 1.66 bits per heavy atom. The highest BCUT2D eigenvalue weighted by atomic mass is 16.5. The van der Waals surface area contributed by atoms with Gasteiger partial charge in [0.05, 0.1) is 0 Å². The lowest BCUT2D eigenvalue weighted by atomic mass is 10.0. The summed E-state index contributed by atoms with van der Waals surface area (Å²) in [6.07, 6.45) is 0.787. The van der Waals surface area contributed by atoms with E-state index in [1.807, 2.05) is 66.7 Å². The summed E-state index contributed by atoms with van der Waals surface area (Å²) in [6, 6.07) is 26.1. The van der Waals surface area contributed by atoms with Crippen LogP contribution in [0, 0.1) is 0 Å². The number of carbonyl (C=O) groups excluding carboxylic acids is 1. The summed E-state index contributed by atoms with van der Waals surface area (Å²) in [7, 11) is 0. The molecule has 0 atom stereocenters. The molecular formula is C25H26N2O2. The van der Waals surface area contributed by atoms with Gasteiger partial charge in [0.25, 0.3) is 0 Å². The van der Waals surface area contributed by atoms with Crippen molar-refractivity contribution in [3.05, 3.63) is 95.6 Å². The van der Waals surface area contributed by atoms with Crippen molar-refractivity contribution in [3.63, 3.8) is 0 Å². The van der Waals surface area contributed by atoms with Crippen LogP contribution in [0.4, 0.5) is 11.4 Å². The van der Waals surface area contributed by atoms with E-state index >= 15 is 0 Å². The predicted molar refractivity (Wildman–Crippen MR) is 117 cm³/mol. The summed E-state index contributed by atoms with van der Waals surface area (Å²) in [5.41, 5.74) is 5.44. The van der Waals surface area contributed by atoms with Crippen LogP contribution in [-0.4, -0.2) is 25.6 Å². The Morgan fingerprint density at radius 3 is 2.28 bits per heavy atom. The van der Waals surface area contributed by atoms with E-state index in [2.05, 4.69) is 29.3 Å². The number of nitrogens with one attached hydrogen (secondary N) is 1. The lowest BCUT2D eigenvalue weighted by molar-refractivity contribution is -0.121. The van der Waals surface area contributed by atoms with Gasteiger partial charge in [-0.05, 0) is 42.2 Å². The first-order valence-electron chi connectivity index (χ1n) is 10.1. The molecule has 4 heteroatoms. The number of nitrogens with zero attached hydrogens (tertiary/aromatic N) is 1. The molecule has 0 radical (unpaired) electrons. The minimum atomic E-state index is -0.279. The minimum Gasteiger partial charge on any atom is -0.371 e. The van der Waals surface area contributed by atoms with Crippen LogP contribution in [-0.2, 0) is 16.0 Å². The molecule has 0 aromatic heterocycles. The van der Waals surface area contributed by atoms with E-state index in [4.69, 9.17) is 4.74 Å². The molecule has 4 rings (SSSR count). The zero-order valence-electron chi connectivity index (χ0n) is 16.7. The number of carbonyl (C=O) groups is 1. The molecule has 0 bridgehead atoms. The van der Waals surface area contributed by atoms with Crippen LogP contribution in [0.2, 0.25) is 0 Å². The summed E-state index contributed by atoms with van der Waals surface area (Å²) in [5.74, 6) is -0.150. The lowest BCUT2D eigenvalue weighted by Gasteiger charge is -2.19. The Labute approximate surface area is 172 Å². The maximum absolute atomic E-state index is 12.6. The highest BCUT2D eigenvalue weighted by molar-refractivity contribution is 5.92. The van der Waals surface area contributed by atoms with Crippen molar-refractivity contribution in [1.29, 1.82) is 0 Å². The van der Waals surface area contributed by atoms with Gasteiger partial charge in [-0.25, -0.2) is 0 Å². The Bertz CT molecular complexity index is 918.